The number of urea groups is 1. The van der Waals surface area contributed by atoms with Gasteiger partial charge in [0.15, 0.2) is 0 Å². The molecule has 2 aromatic heterocycles. The molecule has 11 heteroatoms. The maximum absolute atomic E-state index is 12.9. The van der Waals surface area contributed by atoms with E-state index in [1.165, 1.54) is 0 Å². The standard InChI is InChI=1S/C24H26F3N5O3/c1-23(2,32-15-14-31(22(32)33)18-9-12-28-13-10-18)11-3-4-16-34-19-7-5-17(6-8-19)20-29-21(35-30-20)24(25,26)27/h5-10,12-13H,3-4,11,14-16H2,1-2H3. The highest BCUT2D eigenvalue weighted by molar-refractivity contribution is 5.94. The van der Waals surface area contributed by atoms with Crippen LogP contribution in [-0.2, 0) is 6.18 Å². The van der Waals surface area contributed by atoms with Crippen LogP contribution >= 0.6 is 0 Å². The number of hydrogen-bond donors (Lipinski definition) is 0. The van der Waals surface area contributed by atoms with Crippen LogP contribution in [0, 0.1) is 0 Å². The molecule has 3 aromatic rings. The van der Waals surface area contributed by atoms with Crippen LogP contribution in [0.25, 0.3) is 11.4 Å². The molecular weight excluding hydrogens is 463 g/mol. The number of carbonyl (C=O) groups is 1. The number of pyridine rings is 1. The number of carbonyl (C=O) groups excluding carboxylic acids is 1. The molecule has 0 unspecified atom stereocenters. The number of aromatic nitrogens is 3. The predicted molar refractivity (Wildman–Crippen MR) is 122 cm³/mol. The second-order valence-electron chi connectivity index (χ2n) is 8.85. The van der Waals surface area contributed by atoms with Gasteiger partial charge in [0.25, 0.3) is 0 Å². The number of anilines is 1. The summed E-state index contributed by atoms with van der Waals surface area (Å²) in [7, 11) is 0. The molecule has 2 amide bonds. The van der Waals surface area contributed by atoms with E-state index in [2.05, 4.69) is 33.5 Å². The second-order valence-corrected chi connectivity index (χ2v) is 8.85. The normalized spacial score (nSPS) is 14.6. The largest absolute Gasteiger partial charge is 0.494 e. The molecule has 0 N–H and O–H groups in total. The zero-order chi connectivity index (χ0) is 25.1. The van der Waals surface area contributed by atoms with Crippen molar-refractivity contribution in [2.45, 2.75) is 44.8 Å². The average Bonchev–Trinajstić information content (AvgIpc) is 3.47. The zero-order valence-corrected chi connectivity index (χ0v) is 19.5. The molecule has 0 radical (unpaired) electrons. The van der Waals surface area contributed by atoms with Gasteiger partial charge in [-0.15, -0.1) is 0 Å². The molecule has 1 aliphatic rings. The number of nitrogens with zero attached hydrogens (tertiary/aromatic N) is 5. The Balaban J connectivity index is 1.22. The highest BCUT2D eigenvalue weighted by Crippen LogP contribution is 2.31. The first-order valence-corrected chi connectivity index (χ1v) is 11.3. The van der Waals surface area contributed by atoms with Crippen LogP contribution in [0.3, 0.4) is 0 Å². The fraction of sp³-hybridized carbons (Fsp3) is 0.417. The summed E-state index contributed by atoms with van der Waals surface area (Å²) in [6.07, 6.45) is 1.17. The molecular formula is C24H26F3N5O3. The molecule has 0 atom stereocenters. The van der Waals surface area contributed by atoms with E-state index in [-0.39, 0.29) is 17.4 Å². The Morgan fingerprint density at radius 3 is 2.40 bits per heavy atom. The van der Waals surface area contributed by atoms with Gasteiger partial charge in [0.1, 0.15) is 5.75 Å². The summed E-state index contributed by atoms with van der Waals surface area (Å²) in [5.41, 5.74) is 0.956. The van der Waals surface area contributed by atoms with Crippen molar-refractivity contribution < 1.29 is 27.2 Å². The van der Waals surface area contributed by atoms with Crippen LogP contribution in [0.5, 0.6) is 5.75 Å². The van der Waals surface area contributed by atoms with Crippen molar-refractivity contribution in [3.8, 4) is 17.1 Å². The van der Waals surface area contributed by atoms with Crippen LogP contribution in [0.4, 0.5) is 23.7 Å². The summed E-state index contributed by atoms with van der Waals surface area (Å²) >= 11 is 0. The van der Waals surface area contributed by atoms with Crippen molar-refractivity contribution >= 4 is 11.7 Å². The first-order chi connectivity index (χ1) is 16.6. The van der Waals surface area contributed by atoms with E-state index in [0.717, 1.165) is 24.9 Å². The Kier molecular flexibility index (Phi) is 6.95. The van der Waals surface area contributed by atoms with Crippen LogP contribution in [0.1, 0.15) is 39.0 Å². The van der Waals surface area contributed by atoms with Gasteiger partial charge in [-0.05, 0) is 69.5 Å². The predicted octanol–water partition coefficient (Wildman–Crippen LogP) is 5.42. The zero-order valence-electron chi connectivity index (χ0n) is 19.5. The molecule has 35 heavy (non-hydrogen) atoms. The van der Waals surface area contributed by atoms with Crippen molar-refractivity contribution in [2.24, 2.45) is 0 Å². The molecule has 8 nitrogen and oxygen atoms in total. The van der Waals surface area contributed by atoms with Crippen molar-refractivity contribution in [1.82, 2.24) is 20.0 Å². The van der Waals surface area contributed by atoms with Gasteiger partial charge in [-0.3, -0.25) is 9.88 Å². The third-order valence-corrected chi connectivity index (χ3v) is 5.95. The van der Waals surface area contributed by atoms with E-state index in [1.54, 1.807) is 41.6 Å². The summed E-state index contributed by atoms with van der Waals surface area (Å²) < 4.78 is 47.8. The van der Waals surface area contributed by atoms with Gasteiger partial charge in [-0.2, -0.15) is 18.2 Å². The molecule has 4 rings (SSSR count). The highest BCUT2D eigenvalue weighted by atomic mass is 19.4. The van der Waals surface area contributed by atoms with Gasteiger partial charge in [0.05, 0.1) is 6.61 Å². The third-order valence-electron chi connectivity index (χ3n) is 5.95. The minimum Gasteiger partial charge on any atom is -0.494 e. The number of unbranched alkanes of at least 4 members (excludes halogenated alkanes) is 1. The molecule has 1 aromatic carbocycles. The van der Waals surface area contributed by atoms with Crippen molar-refractivity contribution in [3.05, 3.63) is 54.7 Å². The van der Waals surface area contributed by atoms with Crippen molar-refractivity contribution in [1.29, 1.82) is 0 Å². The Morgan fingerprint density at radius 2 is 1.74 bits per heavy atom. The van der Waals surface area contributed by atoms with Crippen LogP contribution in [-0.4, -0.2) is 51.3 Å². The topological polar surface area (TPSA) is 84.6 Å². The van der Waals surface area contributed by atoms with Gasteiger partial charge in [0, 0.05) is 42.3 Å². The lowest BCUT2D eigenvalue weighted by atomic mass is 9.95. The Hall–Kier alpha value is -3.63. The van der Waals surface area contributed by atoms with E-state index < -0.39 is 12.1 Å². The maximum atomic E-state index is 12.9. The minimum atomic E-state index is -4.68. The minimum absolute atomic E-state index is 0.00139. The van der Waals surface area contributed by atoms with E-state index >= 15 is 0 Å². The fourth-order valence-corrected chi connectivity index (χ4v) is 4.00. The summed E-state index contributed by atoms with van der Waals surface area (Å²) in [5.74, 6) is -0.920. The Morgan fingerprint density at radius 1 is 1.03 bits per heavy atom. The van der Waals surface area contributed by atoms with Gasteiger partial charge in [0.2, 0.25) is 5.82 Å². The number of amides is 2. The molecule has 1 fully saturated rings. The Labute approximate surface area is 200 Å². The lowest BCUT2D eigenvalue weighted by Crippen LogP contribution is -2.46. The van der Waals surface area contributed by atoms with Crippen LogP contribution in [0.2, 0.25) is 0 Å². The molecule has 0 saturated carbocycles. The average molecular weight is 489 g/mol. The van der Waals surface area contributed by atoms with Gasteiger partial charge >= 0.3 is 18.1 Å². The summed E-state index contributed by atoms with van der Waals surface area (Å²) in [5, 5.41) is 3.37. The summed E-state index contributed by atoms with van der Waals surface area (Å²) in [4.78, 5) is 24.0. The van der Waals surface area contributed by atoms with Crippen LogP contribution < -0.4 is 9.64 Å². The molecule has 1 aliphatic heterocycles. The highest BCUT2D eigenvalue weighted by Gasteiger charge is 2.39. The molecule has 0 bridgehead atoms. The second kappa shape index (κ2) is 9.93. The lowest BCUT2D eigenvalue weighted by molar-refractivity contribution is -0.159. The maximum Gasteiger partial charge on any atom is 0.471 e. The molecule has 0 aliphatic carbocycles. The number of alkyl halides is 3. The summed E-state index contributed by atoms with van der Waals surface area (Å²) in [6, 6.07) is 10.1. The first kappa shape index (κ1) is 24.5. The number of rotatable bonds is 9. The summed E-state index contributed by atoms with van der Waals surface area (Å²) in [6.45, 7) is 5.94. The molecule has 3 heterocycles. The van der Waals surface area contributed by atoms with Crippen molar-refractivity contribution in [3.63, 3.8) is 0 Å². The lowest BCUT2D eigenvalue weighted by Gasteiger charge is -2.35. The third kappa shape index (κ3) is 5.72. The van der Waals surface area contributed by atoms with Crippen LogP contribution in [0.15, 0.2) is 53.3 Å². The van der Waals surface area contributed by atoms with Gasteiger partial charge in [-0.25, -0.2) is 4.79 Å². The van der Waals surface area contributed by atoms with E-state index in [4.69, 9.17) is 4.74 Å². The smallest absolute Gasteiger partial charge is 0.471 e. The number of hydrogen-bond acceptors (Lipinski definition) is 6. The van der Waals surface area contributed by atoms with E-state index in [0.29, 0.717) is 31.0 Å². The number of benzene rings is 1. The molecule has 1 saturated heterocycles. The monoisotopic (exact) mass is 489 g/mol. The quantitative estimate of drug-likeness (QED) is 0.373. The fourth-order valence-electron chi connectivity index (χ4n) is 4.00. The number of halogens is 3. The molecule has 0 spiro atoms. The van der Waals surface area contributed by atoms with E-state index in [9.17, 15) is 18.0 Å². The van der Waals surface area contributed by atoms with Crippen molar-refractivity contribution in [2.75, 3.05) is 24.6 Å². The Bertz CT molecular complexity index is 1130. The number of ether oxygens (including phenoxy) is 1. The van der Waals surface area contributed by atoms with Gasteiger partial charge < -0.3 is 14.2 Å². The first-order valence-electron chi connectivity index (χ1n) is 11.3. The SMILES string of the molecule is CC(C)(CCCCOc1ccc(-c2noc(C(F)(F)F)n2)cc1)N1CCN(c2ccncc2)C1=O. The van der Waals surface area contributed by atoms with E-state index in [1.807, 2.05) is 17.0 Å². The molecule has 186 valence electrons. The van der Waals surface area contributed by atoms with Gasteiger partial charge in [-0.1, -0.05) is 5.16 Å².